The van der Waals surface area contributed by atoms with Crippen molar-refractivity contribution < 1.29 is 23.4 Å². The summed E-state index contributed by atoms with van der Waals surface area (Å²) < 4.78 is 36.6. The fourth-order valence-corrected chi connectivity index (χ4v) is 0.966. The molecule has 0 saturated heterocycles. The molecule has 5 heteroatoms. The van der Waals surface area contributed by atoms with Gasteiger partial charge in [-0.15, -0.1) is 0 Å². The maximum Gasteiger partial charge on any atom is 0.416 e. The zero-order valence-electron chi connectivity index (χ0n) is 6.47. The number of hydrogen-bond acceptors (Lipinski definition) is 2. The van der Waals surface area contributed by atoms with Gasteiger partial charge >= 0.3 is 6.18 Å². The summed E-state index contributed by atoms with van der Waals surface area (Å²) in [5, 5.41) is 17.4. The van der Waals surface area contributed by atoms with E-state index < -0.39 is 24.1 Å². The van der Waals surface area contributed by atoms with Crippen LogP contribution in [0.3, 0.4) is 0 Å². The summed E-state index contributed by atoms with van der Waals surface area (Å²) in [6.07, 6.45) is -4.54. The average Bonchev–Trinajstić information content (AvgIpc) is 2.03. The fraction of sp³-hybridized carbons (Fsp3) is 0.250. The maximum absolute atomic E-state index is 12.2. The van der Waals surface area contributed by atoms with Crippen molar-refractivity contribution >= 4 is 0 Å². The van der Waals surface area contributed by atoms with Gasteiger partial charge in [0.1, 0.15) is 5.75 Å². The van der Waals surface area contributed by atoms with Crippen LogP contribution < -0.4 is 0 Å². The molecule has 13 heavy (non-hydrogen) atoms. The van der Waals surface area contributed by atoms with Crippen molar-refractivity contribution in [3.05, 3.63) is 29.3 Å². The summed E-state index contributed by atoms with van der Waals surface area (Å²) in [5.74, 6) is -0.468. The molecule has 72 valence electrons. The van der Waals surface area contributed by atoms with Gasteiger partial charge < -0.3 is 10.2 Å². The second kappa shape index (κ2) is 3.26. The number of phenolic OH excluding ortho intramolecular Hbond substituents is 1. The minimum Gasteiger partial charge on any atom is -0.508 e. The van der Waals surface area contributed by atoms with Crippen molar-refractivity contribution in [3.8, 4) is 5.75 Å². The molecule has 0 aliphatic heterocycles. The Morgan fingerprint density at radius 2 is 1.85 bits per heavy atom. The maximum atomic E-state index is 12.2. The van der Waals surface area contributed by atoms with E-state index in [-0.39, 0.29) is 5.56 Å². The predicted octanol–water partition coefficient (Wildman–Crippen LogP) is 1.90. The Balaban J connectivity index is 3.24. The number of aliphatic hydroxyl groups excluding tert-OH is 1. The number of aromatic hydroxyl groups is 1. The molecule has 0 aliphatic rings. The Kier molecular flexibility index (Phi) is 2.47. The SMILES string of the molecule is OCc1ccc(O)cc1C(F)(F)F. The van der Waals surface area contributed by atoms with Gasteiger partial charge in [-0.25, -0.2) is 0 Å². The number of phenols is 1. The lowest BCUT2D eigenvalue weighted by Gasteiger charge is -2.10. The third-order valence-corrected chi connectivity index (χ3v) is 1.57. The second-order valence-corrected chi connectivity index (χ2v) is 2.50. The lowest BCUT2D eigenvalue weighted by atomic mass is 10.1. The first-order chi connectivity index (χ1) is 5.95. The first-order valence-electron chi connectivity index (χ1n) is 3.45. The number of alkyl halides is 3. The minimum atomic E-state index is -4.54. The molecule has 0 radical (unpaired) electrons. The zero-order chi connectivity index (χ0) is 10.1. The zero-order valence-corrected chi connectivity index (χ0v) is 6.47. The fourth-order valence-electron chi connectivity index (χ4n) is 0.966. The Morgan fingerprint density at radius 3 is 2.31 bits per heavy atom. The standard InChI is InChI=1S/C8H7F3O2/c9-8(10,11)7-3-6(13)2-1-5(7)4-12/h1-3,12-13H,4H2. The first kappa shape index (κ1) is 9.85. The van der Waals surface area contributed by atoms with Crippen LogP contribution in [-0.2, 0) is 12.8 Å². The Hall–Kier alpha value is -1.23. The van der Waals surface area contributed by atoms with Gasteiger partial charge in [0, 0.05) is 0 Å². The number of halogens is 3. The Morgan fingerprint density at radius 1 is 1.23 bits per heavy atom. The van der Waals surface area contributed by atoms with E-state index in [0.29, 0.717) is 6.07 Å². The molecule has 0 amide bonds. The molecule has 2 N–H and O–H groups in total. The van der Waals surface area contributed by atoms with Crippen LogP contribution in [-0.4, -0.2) is 10.2 Å². The highest BCUT2D eigenvalue weighted by Gasteiger charge is 2.33. The molecule has 0 bridgehead atoms. The van der Waals surface area contributed by atoms with Gasteiger partial charge in [0.05, 0.1) is 12.2 Å². The summed E-state index contributed by atoms with van der Waals surface area (Å²) in [6, 6.07) is 2.73. The summed E-state index contributed by atoms with van der Waals surface area (Å²) in [4.78, 5) is 0. The summed E-state index contributed by atoms with van der Waals surface area (Å²) in [6.45, 7) is -0.699. The summed E-state index contributed by atoms with van der Waals surface area (Å²) in [7, 11) is 0. The molecule has 0 unspecified atom stereocenters. The summed E-state index contributed by atoms with van der Waals surface area (Å²) in [5.41, 5.74) is -1.25. The van der Waals surface area contributed by atoms with E-state index in [0.717, 1.165) is 12.1 Å². The smallest absolute Gasteiger partial charge is 0.416 e. The monoisotopic (exact) mass is 192 g/mol. The Labute approximate surface area is 72.2 Å². The summed E-state index contributed by atoms with van der Waals surface area (Å²) >= 11 is 0. The molecule has 0 spiro atoms. The van der Waals surface area contributed by atoms with Crippen molar-refractivity contribution in [1.29, 1.82) is 0 Å². The molecule has 1 aromatic rings. The first-order valence-corrected chi connectivity index (χ1v) is 3.45. The molecule has 0 heterocycles. The van der Waals surface area contributed by atoms with Gasteiger partial charge in [-0.1, -0.05) is 6.07 Å². The van der Waals surface area contributed by atoms with E-state index in [2.05, 4.69) is 0 Å². The van der Waals surface area contributed by atoms with Crippen LogP contribution in [0.5, 0.6) is 5.75 Å². The molecule has 1 aromatic carbocycles. The van der Waals surface area contributed by atoms with Crippen LogP contribution in [0.1, 0.15) is 11.1 Å². The van der Waals surface area contributed by atoms with Gasteiger partial charge in [-0.3, -0.25) is 0 Å². The van der Waals surface area contributed by atoms with Crippen LogP contribution in [0.4, 0.5) is 13.2 Å². The molecule has 0 aromatic heterocycles. The molecule has 0 fully saturated rings. The molecule has 2 nitrogen and oxygen atoms in total. The molecule has 0 atom stereocenters. The van der Waals surface area contributed by atoms with E-state index in [1.807, 2.05) is 0 Å². The highest BCUT2D eigenvalue weighted by molar-refractivity contribution is 5.36. The number of hydrogen-bond donors (Lipinski definition) is 2. The van der Waals surface area contributed by atoms with Crippen molar-refractivity contribution in [3.63, 3.8) is 0 Å². The second-order valence-electron chi connectivity index (χ2n) is 2.50. The van der Waals surface area contributed by atoms with E-state index in [1.165, 1.54) is 0 Å². The van der Waals surface area contributed by atoms with E-state index in [1.54, 1.807) is 0 Å². The van der Waals surface area contributed by atoms with Crippen molar-refractivity contribution in [2.24, 2.45) is 0 Å². The quantitative estimate of drug-likeness (QED) is 0.713. The number of aliphatic hydroxyl groups is 1. The van der Waals surface area contributed by atoms with Crippen molar-refractivity contribution in [2.75, 3.05) is 0 Å². The lowest BCUT2D eigenvalue weighted by molar-refractivity contribution is -0.138. The highest BCUT2D eigenvalue weighted by atomic mass is 19.4. The normalized spacial score (nSPS) is 11.7. The van der Waals surface area contributed by atoms with Gasteiger partial charge in [0.25, 0.3) is 0 Å². The van der Waals surface area contributed by atoms with Gasteiger partial charge in [-0.2, -0.15) is 13.2 Å². The van der Waals surface area contributed by atoms with Gasteiger partial charge in [0.2, 0.25) is 0 Å². The molecule has 1 rings (SSSR count). The van der Waals surface area contributed by atoms with Crippen LogP contribution in [0.2, 0.25) is 0 Å². The topological polar surface area (TPSA) is 40.5 Å². The molecule has 0 aliphatic carbocycles. The third kappa shape index (κ3) is 2.12. The van der Waals surface area contributed by atoms with Crippen LogP contribution in [0.15, 0.2) is 18.2 Å². The molecule has 0 saturated carbocycles. The predicted molar refractivity (Wildman–Crippen MR) is 39.0 cm³/mol. The van der Waals surface area contributed by atoms with Crippen LogP contribution in [0, 0.1) is 0 Å². The van der Waals surface area contributed by atoms with E-state index in [4.69, 9.17) is 10.2 Å². The minimum absolute atomic E-state index is 0.245. The number of benzene rings is 1. The Bertz CT molecular complexity index is 307. The van der Waals surface area contributed by atoms with Gasteiger partial charge in [-0.05, 0) is 17.7 Å². The lowest BCUT2D eigenvalue weighted by Crippen LogP contribution is -2.08. The largest absolute Gasteiger partial charge is 0.508 e. The molecular weight excluding hydrogens is 185 g/mol. The van der Waals surface area contributed by atoms with Crippen molar-refractivity contribution in [2.45, 2.75) is 12.8 Å². The highest BCUT2D eigenvalue weighted by Crippen LogP contribution is 2.33. The third-order valence-electron chi connectivity index (χ3n) is 1.57. The van der Waals surface area contributed by atoms with Crippen LogP contribution in [0.25, 0.3) is 0 Å². The van der Waals surface area contributed by atoms with Crippen LogP contribution >= 0.6 is 0 Å². The number of rotatable bonds is 1. The average molecular weight is 192 g/mol. The van der Waals surface area contributed by atoms with E-state index in [9.17, 15) is 13.2 Å². The molecular formula is C8H7F3O2. The van der Waals surface area contributed by atoms with Gasteiger partial charge in [0.15, 0.2) is 0 Å². The van der Waals surface area contributed by atoms with E-state index >= 15 is 0 Å². The van der Waals surface area contributed by atoms with Crippen molar-refractivity contribution in [1.82, 2.24) is 0 Å².